The van der Waals surface area contributed by atoms with Crippen molar-refractivity contribution in [3.8, 4) is 28.4 Å². The van der Waals surface area contributed by atoms with Crippen LogP contribution in [0.25, 0.3) is 16.9 Å². The minimum absolute atomic E-state index is 0.0775. The van der Waals surface area contributed by atoms with E-state index in [1.807, 2.05) is 6.07 Å². The number of phenols is 2. The molecule has 9 heteroatoms. The highest BCUT2D eigenvalue weighted by Gasteiger charge is 2.16. The molecular formula is C20H19N7O2. The molecule has 2 aliphatic rings. The summed E-state index contributed by atoms with van der Waals surface area (Å²) < 4.78 is 1.49. The molecule has 0 fully saturated rings. The number of phenolic OH excluding ortho intramolecular Hbond substituents is 2. The minimum Gasteiger partial charge on any atom is -0.507 e. The molecule has 2 aliphatic heterocycles. The van der Waals surface area contributed by atoms with E-state index in [-0.39, 0.29) is 11.5 Å². The zero-order chi connectivity index (χ0) is 19.8. The molecule has 0 atom stereocenters. The van der Waals surface area contributed by atoms with Crippen molar-refractivity contribution in [2.45, 2.75) is 0 Å². The fourth-order valence-corrected chi connectivity index (χ4v) is 3.44. The van der Waals surface area contributed by atoms with Crippen LogP contribution in [0.4, 0.5) is 0 Å². The Hall–Kier alpha value is -3.88. The Bertz CT molecular complexity index is 1150. The van der Waals surface area contributed by atoms with E-state index in [0.29, 0.717) is 16.9 Å². The number of aliphatic imine (C=N–C) groups is 2. The van der Waals surface area contributed by atoms with Crippen molar-refractivity contribution in [1.82, 2.24) is 25.6 Å². The molecule has 9 nitrogen and oxygen atoms in total. The molecule has 0 unspecified atom stereocenters. The van der Waals surface area contributed by atoms with Gasteiger partial charge < -0.3 is 20.8 Å². The number of amidine groups is 2. The highest BCUT2D eigenvalue weighted by Crippen LogP contribution is 2.30. The molecule has 0 amide bonds. The quantitative estimate of drug-likeness (QED) is 0.529. The first-order chi connectivity index (χ1) is 14.2. The molecule has 146 valence electrons. The molecular weight excluding hydrogens is 370 g/mol. The normalized spacial score (nSPS) is 15.6. The van der Waals surface area contributed by atoms with E-state index in [4.69, 9.17) is 0 Å². The molecule has 0 saturated heterocycles. The number of nitrogens with zero attached hydrogens (tertiary/aromatic N) is 5. The average Bonchev–Trinajstić information content (AvgIpc) is 3.50. The largest absolute Gasteiger partial charge is 0.507 e. The number of aromatic hydroxyl groups is 2. The maximum absolute atomic E-state index is 10.5. The van der Waals surface area contributed by atoms with Gasteiger partial charge in [-0.05, 0) is 30.3 Å². The fourth-order valence-electron chi connectivity index (χ4n) is 3.44. The number of aromatic nitrogens is 3. The molecule has 4 N–H and O–H groups in total. The van der Waals surface area contributed by atoms with Crippen LogP contribution in [0.5, 0.6) is 11.5 Å². The summed E-state index contributed by atoms with van der Waals surface area (Å²) in [7, 11) is 0. The second-order valence-electron chi connectivity index (χ2n) is 6.80. The van der Waals surface area contributed by atoms with Crippen LogP contribution in [0.2, 0.25) is 0 Å². The first-order valence-electron chi connectivity index (χ1n) is 9.35. The van der Waals surface area contributed by atoms with Crippen LogP contribution >= 0.6 is 0 Å². The molecule has 3 aromatic rings. The van der Waals surface area contributed by atoms with Crippen LogP contribution in [-0.4, -0.2) is 63.1 Å². The summed E-state index contributed by atoms with van der Waals surface area (Å²) in [5.41, 5.74) is 3.22. The van der Waals surface area contributed by atoms with E-state index in [9.17, 15) is 10.2 Å². The number of nitrogens with one attached hydrogen (secondary N) is 2. The highest BCUT2D eigenvalue weighted by atomic mass is 16.3. The molecule has 2 aromatic carbocycles. The fraction of sp³-hybridized carbons (Fsp3) is 0.200. The summed E-state index contributed by atoms with van der Waals surface area (Å²) in [5.74, 6) is 1.74. The first kappa shape index (κ1) is 17.2. The lowest BCUT2D eigenvalue weighted by atomic mass is 10.1. The topological polar surface area (TPSA) is 120 Å². The Kier molecular flexibility index (Phi) is 4.12. The van der Waals surface area contributed by atoms with E-state index in [0.717, 1.165) is 49.0 Å². The van der Waals surface area contributed by atoms with E-state index in [1.165, 1.54) is 4.68 Å². The van der Waals surface area contributed by atoms with E-state index in [1.54, 1.807) is 36.5 Å². The van der Waals surface area contributed by atoms with Gasteiger partial charge in [0.2, 0.25) is 0 Å². The first-order valence-corrected chi connectivity index (χ1v) is 9.35. The van der Waals surface area contributed by atoms with Gasteiger partial charge in [0.05, 0.1) is 19.3 Å². The van der Waals surface area contributed by atoms with Gasteiger partial charge in [0, 0.05) is 29.8 Å². The van der Waals surface area contributed by atoms with Crippen molar-refractivity contribution >= 4 is 11.7 Å². The third kappa shape index (κ3) is 3.16. The zero-order valence-electron chi connectivity index (χ0n) is 15.5. The Morgan fingerprint density at radius 2 is 1.52 bits per heavy atom. The Labute approximate surface area is 166 Å². The second kappa shape index (κ2) is 6.93. The molecule has 0 aliphatic carbocycles. The van der Waals surface area contributed by atoms with Gasteiger partial charge in [0.15, 0.2) is 0 Å². The number of hydrogen-bond acceptors (Lipinski definition) is 8. The van der Waals surface area contributed by atoms with Crippen molar-refractivity contribution < 1.29 is 10.2 Å². The van der Waals surface area contributed by atoms with Gasteiger partial charge in [-0.1, -0.05) is 11.3 Å². The lowest BCUT2D eigenvalue weighted by Crippen LogP contribution is -2.19. The molecule has 0 bridgehead atoms. The molecule has 0 radical (unpaired) electrons. The summed E-state index contributed by atoms with van der Waals surface area (Å²) in [6.45, 7) is 3.07. The number of rotatable bonds is 4. The third-order valence-electron chi connectivity index (χ3n) is 4.88. The predicted molar refractivity (Wildman–Crippen MR) is 109 cm³/mol. The number of benzene rings is 2. The molecule has 5 rings (SSSR count). The van der Waals surface area contributed by atoms with Crippen molar-refractivity contribution in [3.63, 3.8) is 0 Å². The van der Waals surface area contributed by atoms with E-state index >= 15 is 0 Å². The lowest BCUT2D eigenvalue weighted by Gasteiger charge is -2.08. The van der Waals surface area contributed by atoms with Crippen molar-refractivity contribution in [2.75, 3.05) is 26.2 Å². The second-order valence-corrected chi connectivity index (χ2v) is 6.80. The summed E-state index contributed by atoms with van der Waals surface area (Å²) >= 11 is 0. The molecule has 0 saturated carbocycles. The van der Waals surface area contributed by atoms with E-state index < -0.39 is 0 Å². The van der Waals surface area contributed by atoms with E-state index in [2.05, 4.69) is 30.9 Å². The third-order valence-corrected chi connectivity index (χ3v) is 4.88. The summed E-state index contributed by atoms with van der Waals surface area (Å²) in [6.07, 6.45) is 1.67. The maximum Gasteiger partial charge on any atom is 0.141 e. The van der Waals surface area contributed by atoms with Gasteiger partial charge in [0.1, 0.15) is 34.6 Å². The smallest absolute Gasteiger partial charge is 0.141 e. The Morgan fingerprint density at radius 1 is 0.828 bits per heavy atom. The highest BCUT2D eigenvalue weighted by molar-refractivity contribution is 6.01. The Morgan fingerprint density at radius 3 is 2.17 bits per heavy atom. The van der Waals surface area contributed by atoms with Crippen molar-refractivity contribution in [3.05, 3.63) is 53.7 Å². The van der Waals surface area contributed by atoms with Gasteiger partial charge >= 0.3 is 0 Å². The molecule has 3 heterocycles. The zero-order valence-corrected chi connectivity index (χ0v) is 15.5. The monoisotopic (exact) mass is 389 g/mol. The van der Waals surface area contributed by atoms with Gasteiger partial charge in [-0.2, -0.15) is 0 Å². The van der Waals surface area contributed by atoms with Crippen molar-refractivity contribution in [2.24, 2.45) is 9.98 Å². The summed E-state index contributed by atoms with van der Waals surface area (Å²) in [6, 6.07) is 10.5. The standard InChI is InChI=1S/C20H19N7O2/c28-17-4-2-12(19-21-5-6-22-19)9-16(17)27-11-15(25-26-27)14-3-1-13(10-18(14)29)20-23-7-8-24-20/h1-4,9-11,28-29H,5-8H2,(H,21,22)(H,23,24). The Balaban J connectivity index is 1.47. The van der Waals surface area contributed by atoms with Crippen LogP contribution in [0.1, 0.15) is 11.1 Å². The predicted octanol–water partition coefficient (Wildman–Crippen LogP) is 1.05. The van der Waals surface area contributed by atoms with Gasteiger partial charge in [-0.25, -0.2) is 4.68 Å². The SMILES string of the molecule is Oc1cc(C2=NCCN2)ccc1-c1cn(-c2cc(C3=NCCN3)ccc2O)nn1. The molecule has 29 heavy (non-hydrogen) atoms. The summed E-state index contributed by atoms with van der Waals surface area (Å²) in [5, 5.41) is 35.5. The molecule has 1 aromatic heterocycles. The van der Waals surface area contributed by atoms with Crippen molar-refractivity contribution in [1.29, 1.82) is 0 Å². The molecule has 0 spiro atoms. The number of hydrogen-bond donors (Lipinski definition) is 4. The van der Waals surface area contributed by atoms with Crippen LogP contribution in [-0.2, 0) is 0 Å². The average molecular weight is 389 g/mol. The van der Waals surface area contributed by atoms with Gasteiger partial charge in [-0.3, -0.25) is 9.98 Å². The van der Waals surface area contributed by atoms with Crippen LogP contribution in [0.3, 0.4) is 0 Å². The maximum atomic E-state index is 10.5. The lowest BCUT2D eigenvalue weighted by molar-refractivity contribution is 0.469. The minimum atomic E-state index is 0.0775. The van der Waals surface area contributed by atoms with Gasteiger partial charge in [-0.15, -0.1) is 5.10 Å². The summed E-state index contributed by atoms with van der Waals surface area (Å²) in [4.78, 5) is 8.77. The van der Waals surface area contributed by atoms with Crippen LogP contribution < -0.4 is 10.6 Å². The van der Waals surface area contributed by atoms with Gasteiger partial charge in [0.25, 0.3) is 0 Å². The van der Waals surface area contributed by atoms with Crippen LogP contribution in [0, 0.1) is 0 Å². The van der Waals surface area contributed by atoms with Crippen LogP contribution in [0.15, 0.2) is 52.6 Å².